The van der Waals surface area contributed by atoms with Crippen LogP contribution in [-0.4, -0.2) is 48.6 Å². The summed E-state index contributed by atoms with van der Waals surface area (Å²) in [4.78, 5) is 13.2. The number of benzene rings is 2. The van der Waals surface area contributed by atoms with E-state index in [2.05, 4.69) is 10.4 Å². The lowest BCUT2D eigenvalue weighted by Crippen LogP contribution is -2.43. The van der Waals surface area contributed by atoms with E-state index in [1.807, 2.05) is 30.3 Å². The van der Waals surface area contributed by atoms with Gasteiger partial charge in [0.15, 0.2) is 0 Å². The monoisotopic (exact) mass is 454 g/mol. The number of sulfonamides is 1. The van der Waals surface area contributed by atoms with Gasteiger partial charge in [0.2, 0.25) is 15.9 Å². The van der Waals surface area contributed by atoms with E-state index >= 15 is 0 Å². The number of methoxy groups -OCH3 is 1. The molecule has 1 atom stereocenters. The number of rotatable bonds is 7. The number of carbonyl (C=O) groups excluding carboxylic acids is 1. The Labute approximate surface area is 187 Å². The van der Waals surface area contributed by atoms with Crippen LogP contribution in [0.3, 0.4) is 0 Å². The zero-order valence-corrected chi connectivity index (χ0v) is 18.7. The molecule has 1 amide bonds. The van der Waals surface area contributed by atoms with Crippen LogP contribution in [0.15, 0.2) is 71.8 Å². The number of nitrogens with zero attached hydrogens (tertiary/aromatic N) is 3. The van der Waals surface area contributed by atoms with E-state index in [-0.39, 0.29) is 17.3 Å². The summed E-state index contributed by atoms with van der Waals surface area (Å²) in [6, 6.07) is 17.9. The van der Waals surface area contributed by atoms with Crippen LogP contribution in [0, 0.1) is 5.92 Å². The van der Waals surface area contributed by atoms with Crippen molar-refractivity contribution < 1.29 is 17.9 Å². The first-order valence-electron chi connectivity index (χ1n) is 10.5. The number of ether oxygens (including phenoxy) is 1. The van der Waals surface area contributed by atoms with Gasteiger partial charge in [-0.1, -0.05) is 30.3 Å². The molecule has 4 rings (SSSR count). The van der Waals surface area contributed by atoms with Gasteiger partial charge in [-0.3, -0.25) is 4.79 Å². The fourth-order valence-electron chi connectivity index (χ4n) is 3.82. The molecule has 1 unspecified atom stereocenters. The third-order valence-electron chi connectivity index (χ3n) is 5.60. The Bertz CT molecular complexity index is 1160. The molecule has 8 nitrogen and oxygen atoms in total. The molecule has 32 heavy (non-hydrogen) atoms. The van der Waals surface area contributed by atoms with Crippen LogP contribution in [0.1, 0.15) is 18.4 Å². The number of piperidine rings is 1. The Kier molecular flexibility index (Phi) is 6.57. The van der Waals surface area contributed by atoms with Crippen molar-refractivity contribution in [1.29, 1.82) is 0 Å². The lowest BCUT2D eigenvalue weighted by atomic mass is 9.99. The largest absolute Gasteiger partial charge is 0.497 e. The Morgan fingerprint density at radius 2 is 1.88 bits per heavy atom. The topological polar surface area (TPSA) is 93.5 Å². The summed E-state index contributed by atoms with van der Waals surface area (Å²) in [5.74, 6) is 0.548. The molecule has 0 aliphatic carbocycles. The van der Waals surface area contributed by atoms with Crippen molar-refractivity contribution in [3.05, 3.63) is 72.4 Å². The second-order valence-electron chi connectivity index (χ2n) is 7.73. The predicted molar refractivity (Wildman–Crippen MR) is 121 cm³/mol. The summed E-state index contributed by atoms with van der Waals surface area (Å²) in [7, 11) is -2.15. The number of hydrogen-bond donors (Lipinski definition) is 1. The molecule has 2 heterocycles. The van der Waals surface area contributed by atoms with Crippen LogP contribution in [0.25, 0.3) is 0 Å². The van der Waals surface area contributed by atoms with Crippen LogP contribution >= 0.6 is 0 Å². The number of amides is 1. The van der Waals surface area contributed by atoms with Crippen LogP contribution in [0.5, 0.6) is 5.75 Å². The summed E-state index contributed by atoms with van der Waals surface area (Å²) in [5, 5.41) is 7.23. The molecule has 1 aromatic heterocycles. The summed E-state index contributed by atoms with van der Waals surface area (Å²) >= 11 is 0. The Balaban J connectivity index is 1.43. The standard InChI is InChI=1S/C23H26N4O4S/c1-31-20-9-11-21(12-10-20)32(29,30)26-15-5-8-19(17-26)23(28)25-22-13-14-24-27(22)16-18-6-3-2-4-7-18/h2-4,6-7,9-14,19H,5,8,15-17H2,1H3,(H,25,28). The normalized spacial score (nSPS) is 17.1. The number of anilines is 1. The van der Waals surface area contributed by atoms with Crippen molar-refractivity contribution in [1.82, 2.24) is 14.1 Å². The molecule has 0 bridgehead atoms. The second-order valence-corrected chi connectivity index (χ2v) is 9.66. The molecule has 1 saturated heterocycles. The van der Waals surface area contributed by atoms with Crippen molar-refractivity contribution in [2.24, 2.45) is 5.92 Å². The number of aromatic nitrogens is 2. The highest BCUT2D eigenvalue weighted by molar-refractivity contribution is 7.89. The summed E-state index contributed by atoms with van der Waals surface area (Å²) in [6.07, 6.45) is 2.89. The molecule has 3 aromatic rings. The minimum Gasteiger partial charge on any atom is -0.497 e. The third-order valence-corrected chi connectivity index (χ3v) is 7.47. The number of carbonyl (C=O) groups is 1. The lowest BCUT2D eigenvalue weighted by molar-refractivity contribution is -0.120. The van der Waals surface area contributed by atoms with Crippen molar-refractivity contribution in [2.75, 3.05) is 25.5 Å². The molecule has 9 heteroatoms. The minimum atomic E-state index is -3.68. The molecule has 0 spiro atoms. The van der Waals surface area contributed by atoms with E-state index in [0.29, 0.717) is 37.5 Å². The van der Waals surface area contributed by atoms with Gasteiger partial charge in [0.05, 0.1) is 30.7 Å². The van der Waals surface area contributed by atoms with E-state index in [0.717, 1.165) is 5.56 Å². The quantitative estimate of drug-likeness (QED) is 0.592. The van der Waals surface area contributed by atoms with E-state index in [9.17, 15) is 13.2 Å². The number of nitrogens with one attached hydrogen (secondary N) is 1. The van der Waals surface area contributed by atoms with Crippen LogP contribution in [-0.2, 0) is 21.4 Å². The van der Waals surface area contributed by atoms with Gasteiger partial charge in [0, 0.05) is 19.2 Å². The minimum absolute atomic E-state index is 0.146. The lowest BCUT2D eigenvalue weighted by Gasteiger charge is -2.31. The van der Waals surface area contributed by atoms with Gasteiger partial charge in [0.25, 0.3) is 0 Å². The summed E-state index contributed by atoms with van der Waals surface area (Å²) in [5.41, 5.74) is 1.07. The van der Waals surface area contributed by atoms with E-state index < -0.39 is 15.9 Å². The van der Waals surface area contributed by atoms with Gasteiger partial charge in [-0.2, -0.15) is 9.40 Å². The van der Waals surface area contributed by atoms with Gasteiger partial charge in [-0.15, -0.1) is 0 Å². The Hall–Kier alpha value is -3.17. The van der Waals surface area contributed by atoms with Crippen molar-refractivity contribution >= 4 is 21.7 Å². The Morgan fingerprint density at radius 1 is 1.12 bits per heavy atom. The fourth-order valence-corrected chi connectivity index (χ4v) is 5.34. The average molecular weight is 455 g/mol. The fraction of sp³-hybridized carbons (Fsp3) is 0.304. The molecule has 1 aliphatic heterocycles. The molecule has 1 N–H and O–H groups in total. The summed E-state index contributed by atoms with van der Waals surface area (Å²) in [6.45, 7) is 1.07. The highest BCUT2D eigenvalue weighted by Crippen LogP contribution is 2.26. The first-order chi connectivity index (χ1) is 15.5. The maximum Gasteiger partial charge on any atom is 0.243 e. The summed E-state index contributed by atoms with van der Waals surface area (Å²) < 4.78 is 34.4. The van der Waals surface area contributed by atoms with E-state index in [1.165, 1.54) is 23.5 Å². The maximum absolute atomic E-state index is 13.1. The maximum atomic E-state index is 13.1. The molecular formula is C23H26N4O4S. The molecule has 1 aliphatic rings. The molecule has 0 radical (unpaired) electrons. The molecule has 168 valence electrons. The molecule has 1 fully saturated rings. The van der Waals surface area contributed by atoms with Crippen molar-refractivity contribution in [3.8, 4) is 5.75 Å². The zero-order valence-electron chi connectivity index (χ0n) is 17.8. The van der Waals surface area contributed by atoms with Crippen LogP contribution < -0.4 is 10.1 Å². The average Bonchev–Trinajstić information content (AvgIpc) is 3.26. The predicted octanol–water partition coefficient (Wildman–Crippen LogP) is 2.98. The first-order valence-corrected chi connectivity index (χ1v) is 11.9. The molecule has 2 aromatic carbocycles. The van der Waals surface area contributed by atoms with Gasteiger partial charge in [0.1, 0.15) is 11.6 Å². The van der Waals surface area contributed by atoms with Crippen LogP contribution in [0.4, 0.5) is 5.82 Å². The molecule has 0 saturated carbocycles. The highest BCUT2D eigenvalue weighted by atomic mass is 32.2. The first kappa shape index (κ1) is 22.0. The second kappa shape index (κ2) is 9.54. The Morgan fingerprint density at radius 3 is 2.59 bits per heavy atom. The zero-order chi connectivity index (χ0) is 22.6. The van der Waals surface area contributed by atoms with Crippen molar-refractivity contribution in [3.63, 3.8) is 0 Å². The van der Waals surface area contributed by atoms with E-state index in [4.69, 9.17) is 4.74 Å². The van der Waals surface area contributed by atoms with Gasteiger partial charge < -0.3 is 10.1 Å². The van der Waals surface area contributed by atoms with Crippen LogP contribution in [0.2, 0.25) is 0 Å². The molecular weight excluding hydrogens is 428 g/mol. The van der Waals surface area contributed by atoms with Crippen molar-refractivity contribution in [2.45, 2.75) is 24.3 Å². The SMILES string of the molecule is COc1ccc(S(=O)(=O)N2CCCC(C(=O)Nc3ccnn3Cc3ccccc3)C2)cc1. The number of hydrogen-bond acceptors (Lipinski definition) is 5. The van der Waals surface area contributed by atoms with Gasteiger partial charge >= 0.3 is 0 Å². The smallest absolute Gasteiger partial charge is 0.243 e. The van der Waals surface area contributed by atoms with Gasteiger partial charge in [-0.25, -0.2) is 13.1 Å². The highest BCUT2D eigenvalue weighted by Gasteiger charge is 2.33. The van der Waals surface area contributed by atoms with E-state index in [1.54, 1.807) is 29.1 Å². The van der Waals surface area contributed by atoms with Gasteiger partial charge in [-0.05, 0) is 42.7 Å². The third kappa shape index (κ3) is 4.84.